The van der Waals surface area contributed by atoms with Crippen LogP contribution in [0.15, 0.2) is 11.1 Å². The Balaban J connectivity index is -0.0000000465. The van der Waals surface area contributed by atoms with E-state index < -0.39 is 6.04 Å². The van der Waals surface area contributed by atoms with E-state index in [-0.39, 0.29) is 71.2 Å². The number of allylic oxidation sites excluding steroid dienone is 4. The van der Waals surface area contributed by atoms with Gasteiger partial charge in [0.25, 0.3) is 0 Å². The number of carbonyl (C=O) groups excluding carboxylic acids is 2. The van der Waals surface area contributed by atoms with Gasteiger partial charge in [0.15, 0.2) is 6.04 Å². The van der Waals surface area contributed by atoms with E-state index in [1.54, 1.807) is 13.8 Å². The molecule has 0 aliphatic rings. The van der Waals surface area contributed by atoms with Crippen LogP contribution in [0.3, 0.4) is 0 Å². The molecule has 0 atom stereocenters. The van der Waals surface area contributed by atoms with Crippen molar-refractivity contribution in [3.8, 4) is 0 Å². The molecule has 0 aromatic rings. The molecular formula is C18H33FO2Y2-2. The minimum atomic E-state index is -1.50. The Hall–Kier alpha value is 0.958. The summed E-state index contributed by atoms with van der Waals surface area (Å²) in [4.78, 5) is 20.2. The molecule has 0 unspecified atom stereocenters. The maximum atomic E-state index is 11.2. The third kappa shape index (κ3) is 70.5. The van der Waals surface area contributed by atoms with Gasteiger partial charge in [0.2, 0.25) is 0 Å². The van der Waals surface area contributed by atoms with Crippen molar-refractivity contribution in [2.75, 3.05) is 0 Å². The van der Waals surface area contributed by atoms with Crippen molar-refractivity contribution >= 4 is 11.8 Å². The zero-order chi connectivity index (χ0) is 17.8. The fourth-order valence-corrected chi connectivity index (χ4v) is 0.765. The summed E-state index contributed by atoms with van der Waals surface area (Å²) in [5.41, 5.74) is 1.53. The molecule has 0 fully saturated rings. The van der Waals surface area contributed by atoms with E-state index in [0.717, 1.165) is 12.0 Å². The van der Waals surface area contributed by atoms with Crippen LogP contribution in [0.25, 0.3) is 0 Å². The van der Waals surface area contributed by atoms with Crippen LogP contribution in [0.5, 0.6) is 0 Å². The average molecular weight is 478 g/mol. The molecule has 0 spiro atoms. The van der Waals surface area contributed by atoms with Gasteiger partial charge < -0.3 is 16.9 Å². The van der Waals surface area contributed by atoms with Crippen molar-refractivity contribution in [2.24, 2.45) is 0 Å². The summed E-state index contributed by atoms with van der Waals surface area (Å²) in [6, 6.07) is -1.50. The number of carbonyl (C=O) groups is 2. The van der Waals surface area contributed by atoms with Crippen LogP contribution in [0.2, 0.25) is 0 Å². The standard InChI is InChI=1S/C8H13O.C5H6FO.C3H8.C2H6.2Y/c1-4-5-8(9)6-7(2)3;1-4(2)3-5(6)7;1-3-2;1-2;;/h4-5H2,1-3H3;1-2H3;3H2,1-2H3;1-2H3;;/q2*-1;;;;. The monoisotopic (exact) mass is 478 g/mol. The molecule has 0 bridgehead atoms. The van der Waals surface area contributed by atoms with E-state index >= 15 is 0 Å². The van der Waals surface area contributed by atoms with E-state index in [2.05, 4.69) is 19.9 Å². The second kappa shape index (κ2) is 34.3. The SMILES string of the molecule is CC.CC(C)=[C-]C(=O)F.CCC.CCCC(=O)[C-]=C(C)C.[Y].[Y]. The zero-order valence-corrected chi connectivity index (χ0v) is 22.1. The Morgan fingerprint density at radius 2 is 1.13 bits per heavy atom. The molecule has 2 radical (unpaired) electrons. The summed E-state index contributed by atoms with van der Waals surface area (Å²) >= 11 is 0. The normalized spacial score (nSPS) is 6.87. The van der Waals surface area contributed by atoms with Crippen LogP contribution in [0, 0.1) is 12.2 Å². The predicted octanol–water partition coefficient (Wildman–Crippen LogP) is 5.81. The first-order valence-corrected chi connectivity index (χ1v) is 7.57. The van der Waals surface area contributed by atoms with Crippen LogP contribution in [0.4, 0.5) is 4.39 Å². The Kier molecular flexibility index (Phi) is 58.4. The van der Waals surface area contributed by atoms with E-state index in [0.29, 0.717) is 12.0 Å². The molecule has 2 nitrogen and oxygen atoms in total. The van der Waals surface area contributed by atoms with Gasteiger partial charge in [-0.05, 0) is 12.2 Å². The second-order valence-electron chi connectivity index (χ2n) is 4.40. The van der Waals surface area contributed by atoms with Crippen molar-refractivity contribution in [3.63, 3.8) is 0 Å². The fourth-order valence-electron chi connectivity index (χ4n) is 0.765. The molecule has 0 aliphatic carbocycles. The van der Waals surface area contributed by atoms with Crippen molar-refractivity contribution in [1.29, 1.82) is 0 Å². The van der Waals surface area contributed by atoms with Gasteiger partial charge in [-0.3, -0.25) is 15.9 Å². The van der Waals surface area contributed by atoms with Gasteiger partial charge in [-0.15, -0.1) is 0 Å². The maximum Gasteiger partial charge on any atom is 0.151 e. The van der Waals surface area contributed by atoms with Gasteiger partial charge in [0.1, 0.15) is 0 Å². The molecule has 0 aliphatic heterocycles. The van der Waals surface area contributed by atoms with Gasteiger partial charge in [-0.1, -0.05) is 75.2 Å². The third-order valence-corrected chi connectivity index (χ3v) is 1.21. The van der Waals surface area contributed by atoms with Crippen LogP contribution in [-0.4, -0.2) is 11.8 Å². The number of ketones is 1. The summed E-state index contributed by atoms with van der Waals surface area (Å²) in [7, 11) is 0. The van der Waals surface area contributed by atoms with Gasteiger partial charge >= 0.3 is 0 Å². The maximum absolute atomic E-state index is 11.2. The number of Topliss-reactive ketones (excluding diaryl/α,β-unsaturated/α-hetero) is 1. The summed E-state index contributed by atoms with van der Waals surface area (Å²) in [5.74, 6) is 0.123. The second-order valence-corrected chi connectivity index (χ2v) is 4.40. The van der Waals surface area contributed by atoms with Crippen molar-refractivity contribution in [1.82, 2.24) is 0 Å². The van der Waals surface area contributed by atoms with Crippen LogP contribution < -0.4 is 0 Å². The average Bonchev–Trinajstić information content (AvgIpc) is 2.30. The first kappa shape index (κ1) is 39.2. The minimum absolute atomic E-state index is 0. The summed E-state index contributed by atoms with van der Waals surface area (Å²) < 4.78 is 11.2. The number of hydrogen-bond acceptors (Lipinski definition) is 2. The van der Waals surface area contributed by atoms with Crippen LogP contribution in [0.1, 0.15) is 81.6 Å². The van der Waals surface area contributed by atoms with E-state index in [1.165, 1.54) is 6.42 Å². The molecule has 0 N–H and O–H groups in total. The molecule has 0 aromatic carbocycles. The predicted molar refractivity (Wildman–Crippen MR) is 89.6 cm³/mol. The van der Waals surface area contributed by atoms with Gasteiger partial charge in [0, 0.05) is 65.4 Å². The number of hydrogen-bond donors (Lipinski definition) is 0. The first-order valence-electron chi connectivity index (χ1n) is 7.57. The fraction of sp³-hybridized carbons (Fsp3) is 0.667. The third-order valence-electron chi connectivity index (χ3n) is 1.21. The Morgan fingerprint density at radius 1 is 0.826 bits per heavy atom. The summed E-state index contributed by atoms with van der Waals surface area (Å²) in [5, 5.41) is 0. The molecule has 0 saturated carbocycles. The molecule has 0 aromatic heterocycles. The molecular weight excluding hydrogens is 445 g/mol. The zero-order valence-electron chi connectivity index (χ0n) is 16.5. The minimum Gasteiger partial charge on any atom is -0.428 e. The molecule has 132 valence electrons. The molecule has 0 heterocycles. The van der Waals surface area contributed by atoms with Crippen molar-refractivity contribution in [2.45, 2.75) is 81.6 Å². The quantitative estimate of drug-likeness (QED) is 0.290. The Morgan fingerprint density at radius 3 is 1.26 bits per heavy atom. The molecule has 0 amide bonds. The summed E-state index contributed by atoms with van der Waals surface area (Å²) in [6.07, 6.45) is 7.43. The van der Waals surface area contributed by atoms with Crippen LogP contribution in [-0.2, 0) is 75.0 Å². The first-order chi connectivity index (χ1) is 9.70. The largest absolute Gasteiger partial charge is 0.428 e. The molecule has 0 rings (SSSR count). The van der Waals surface area contributed by atoms with Crippen molar-refractivity contribution < 1.29 is 79.4 Å². The molecule has 23 heavy (non-hydrogen) atoms. The number of halogens is 1. The van der Waals surface area contributed by atoms with Gasteiger partial charge in [-0.25, -0.2) is 4.39 Å². The Labute approximate surface area is 194 Å². The van der Waals surface area contributed by atoms with E-state index in [1.807, 2.05) is 40.7 Å². The number of rotatable bonds is 4. The summed E-state index contributed by atoms with van der Waals surface area (Å²) in [6.45, 7) is 17.2. The van der Waals surface area contributed by atoms with Crippen molar-refractivity contribution in [3.05, 3.63) is 23.3 Å². The van der Waals surface area contributed by atoms with E-state index in [9.17, 15) is 14.0 Å². The molecule has 5 heteroatoms. The Bertz CT molecular complexity index is 304. The topological polar surface area (TPSA) is 34.1 Å². The van der Waals surface area contributed by atoms with Crippen LogP contribution >= 0.6 is 0 Å². The van der Waals surface area contributed by atoms with Gasteiger partial charge in [-0.2, -0.15) is 0 Å². The van der Waals surface area contributed by atoms with E-state index in [4.69, 9.17) is 0 Å². The molecule has 0 saturated heterocycles. The smallest absolute Gasteiger partial charge is 0.151 e. The van der Waals surface area contributed by atoms with Gasteiger partial charge in [0.05, 0.1) is 0 Å².